The van der Waals surface area contributed by atoms with Crippen molar-refractivity contribution in [3.63, 3.8) is 0 Å². The molecule has 2 aromatic carbocycles. The second-order valence-corrected chi connectivity index (χ2v) is 8.72. The molecule has 26 heavy (non-hydrogen) atoms. The summed E-state index contributed by atoms with van der Waals surface area (Å²) in [6, 6.07) is 13.2. The molecule has 0 radical (unpaired) electrons. The van der Waals surface area contributed by atoms with E-state index in [9.17, 15) is 14.3 Å². The number of fused-ring (bicyclic) bond motifs is 1. The zero-order valence-electron chi connectivity index (χ0n) is 14.5. The smallest absolute Gasteiger partial charge is 0.176 e. The van der Waals surface area contributed by atoms with Crippen molar-refractivity contribution in [1.82, 2.24) is 4.90 Å². The number of aromatic hydroxyl groups is 1. The molecule has 1 N–H and O–H groups in total. The number of Topliss-reactive ketones (excluding diaryl/α,β-unsaturated/α-hetero) is 1. The largest absolute Gasteiger partial charge is 0.508 e. The summed E-state index contributed by atoms with van der Waals surface area (Å²) in [5.74, 6) is 1.41. The van der Waals surface area contributed by atoms with Gasteiger partial charge in [0.1, 0.15) is 11.6 Å². The molecule has 5 heteroatoms. The van der Waals surface area contributed by atoms with Crippen molar-refractivity contribution in [1.29, 1.82) is 0 Å². The molecule has 0 unspecified atom stereocenters. The van der Waals surface area contributed by atoms with E-state index >= 15 is 0 Å². The van der Waals surface area contributed by atoms with Crippen molar-refractivity contribution in [2.45, 2.75) is 23.0 Å². The molecule has 2 aliphatic rings. The molecular weight excluding hydrogens is 349 g/mol. The molecule has 3 nitrogen and oxygen atoms in total. The third kappa shape index (κ3) is 3.94. The second kappa shape index (κ2) is 7.41. The topological polar surface area (TPSA) is 40.5 Å². The third-order valence-electron chi connectivity index (χ3n) is 5.46. The molecule has 2 fully saturated rings. The van der Waals surface area contributed by atoms with E-state index in [4.69, 9.17) is 0 Å². The zero-order valence-corrected chi connectivity index (χ0v) is 15.3. The first-order valence-electron chi connectivity index (χ1n) is 9.03. The van der Waals surface area contributed by atoms with Crippen LogP contribution in [0.4, 0.5) is 4.39 Å². The van der Waals surface area contributed by atoms with E-state index in [1.165, 1.54) is 12.1 Å². The summed E-state index contributed by atoms with van der Waals surface area (Å²) in [5, 5.41) is 9.92. The summed E-state index contributed by atoms with van der Waals surface area (Å²) in [6.07, 6.45) is 2.33. The van der Waals surface area contributed by atoms with Crippen LogP contribution in [0.25, 0.3) is 0 Å². The molecule has 0 amide bonds. The minimum Gasteiger partial charge on any atom is -0.508 e. The van der Waals surface area contributed by atoms with Gasteiger partial charge in [0.15, 0.2) is 5.78 Å². The molecule has 0 spiro atoms. The average Bonchev–Trinajstić information content (AvgIpc) is 3.15. The van der Waals surface area contributed by atoms with Crippen LogP contribution in [0, 0.1) is 17.7 Å². The molecule has 1 saturated carbocycles. The first-order chi connectivity index (χ1) is 12.6. The number of nitrogens with zero attached hydrogens (tertiary/aromatic N) is 1. The predicted molar refractivity (Wildman–Crippen MR) is 101 cm³/mol. The third-order valence-corrected chi connectivity index (χ3v) is 6.72. The maximum absolute atomic E-state index is 13.0. The SMILES string of the molecule is O=C(CN1C[C@H]2C[C@H](Sc3ccc(F)cc3)C[C@H]2C1)c1ccc(O)cc1. The Morgan fingerprint density at radius 2 is 1.65 bits per heavy atom. The van der Waals surface area contributed by atoms with Crippen molar-refractivity contribution >= 4 is 17.5 Å². The fraction of sp³-hybridized carbons (Fsp3) is 0.381. The Hall–Kier alpha value is -1.85. The van der Waals surface area contributed by atoms with Gasteiger partial charge in [-0.15, -0.1) is 11.8 Å². The van der Waals surface area contributed by atoms with Crippen LogP contribution in [0.5, 0.6) is 5.75 Å². The maximum Gasteiger partial charge on any atom is 0.176 e. The molecule has 0 aromatic heterocycles. The highest BCUT2D eigenvalue weighted by molar-refractivity contribution is 8.00. The normalized spacial score (nSPS) is 25.3. The van der Waals surface area contributed by atoms with Gasteiger partial charge in [0.05, 0.1) is 6.54 Å². The van der Waals surface area contributed by atoms with Gasteiger partial charge in [0, 0.05) is 28.8 Å². The summed E-state index contributed by atoms with van der Waals surface area (Å²) >= 11 is 1.85. The minimum absolute atomic E-state index is 0.113. The molecular formula is C21H22FNO2S. The molecule has 0 bridgehead atoms. The van der Waals surface area contributed by atoms with Gasteiger partial charge in [0.2, 0.25) is 0 Å². The lowest BCUT2D eigenvalue weighted by Crippen LogP contribution is -2.29. The Morgan fingerprint density at radius 3 is 2.27 bits per heavy atom. The lowest BCUT2D eigenvalue weighted by atomic mass is 10.0. The Kier molecular flexibility index (Phi) is 5.00. The number of rotatable bonds is 5. The van der Waals surface area contributed by atoms with Crippen LogP contribution in [0.3, 0.4) is 0 Å². The first-order valence-corrected chi connectivity index (χ1v) is 9.91. The summed E-state index contributed by atoms with van der Waals surface area (Å²) < 4.78 is 13.0. The van der Waals surface area contributed by atoms with Crippen LogP contribution in [0.15, 0.2) is 53.4 Å². The van der Waals surface area contributed by atoms with E-state index in [0.717, 1.165) is 30.8 Å². The predicted octanol–water partition coefficient (Wildman–Crippen LogP) is 4.22. The molecule has 1 aliphatic heterocycles. The Labute approximate surface area is 157 Å². The van der Waals surface area contributed by atoms with Gasteiger partial charge in [-0.05, 0) is 73.2 Å². The number of phenols is 1. The van der Waals surface area contributed by atoms with Crippen molar-refractivity contribution < 1.29 is 14.3 Å². The lowest BCUT2D eigenvalue weighted by Gasteiger charge is -2.18. The van der Waals surface area contributed by atoms with E-state index in [-0.39, 0.29) is 17.3 Å². The van der Waals surface area contributed by atoms with E-state index in [2.05, 4.69) is 4.90 Å². The van der Waals surface area contributed by atoms with Gasteiger partial charge in [-0.2, -0.15) is 0 Å². The molecule has 1 heterocycles. The number of carbonyl (C=O) groups excluding carboxylic acids is 1. The minimum atomic E-state index is -0.188. The highest BCUT2D eigenvalue weighted by Crippen LogP contribution is 2.45. The Morgan fingerprint density at radius 1 is 1.04 bits per heavy atom. The van der Waals surface area contributed by atoms with Crippen LogP contribution in [0.2, 0.25) is 0 Å². The van der Waals surface area contributed by atoms with Crippen molar-refractivity contribution in [3.05, 3.63) is 59.9 Å². The number of ketones is 1. The van der Waals surface area contributed by atoms with E-state index in [1.54, 1.807) is 24.3 Å². The van der Waals surface area contributed by atoms with Crippen LogP contribution < -0.4 is 0 Å². The molecule has 4 rings (SSSR count). The van der Waals surface area contributed by atoms with Gasteiger partial charge in [-0.1, -0.05) is 0 Å². The van der Waals surface area contributed by atoms with Gasteiger partial charge in [-0.25, -0.2) is 4.39 Å². The summed E-state index contributed by atoms with van der Waals surface area (Å²) in [4.78, 5) is 15.8. The van der Waals surface area contributed by atoms with Gasteiger partial charge in [-0.3, -0.25) is 9.69 Å². The van der Waals surface area contributed by atoms with Crippen LogP contribution in [-0.4, -0.2) is 40.7 Å². The number of likely N-dealkylation sites (tertiary alicyclic amines) is 1. The maximum atomic E-state index is 13.0. The fourth-order valence-electron chi connectivity index (χ4n) is 4.21. The number of hydrogen-bond acceptors (Lipinski definition) is 4. The van der Waals surface area contributed by atoms with E-state index in [0.29, 0.717) is 29.2 Å². The van der Waals surface area contributed by atoms with Gasteiger partial charge < -0.3 is 5.11 Å². The summed E-state index contributed by atoms with van der Waals surface area (Å²) in [6.45, 7) is 2.41. The molecule has 1 aliphatic carbocycles. The van der Waals surface area contributed by atoms with Gasteiger partial charge >= 0.3 is 0 Å². The van der Waals surface area contributed by atoms with Crippen molar-refractivity contribution in [3.8, 4) is 5.75 Å². The average molecular weight is 371 g/mol. The molecule has 1 saturated heterocycles. The standard InChI is InChI=1S/C21H22FNO2S/c22-17-3-7-19(8-4-17)26-20-9-15-11-23(12-16(15)10-20)13-21(25)14-1-5-18(24)6-2-14/h1-8,15-16,20,24H,9-13H2/t15-,16+,20+. The number of thioether (sulfide) groups is 1. The molecule has 2 aromatic rings. The summed E-state index contributed by atoms with van der Waals surface area (Å²) in [7, 11) is 0. The first kappa shape index (κ1) is 17.6. The highest BCUT2D eigenvalue weighted by atomic mass is 32.2. The van der Waals surface area contributed by atoms with E-state index in [1.807, 2.05) is 23.9 Å². The number of halogens is 1. The number of phenolic OH excluding ortho intramolecular Hbond substituents is 1. The van der Waals surface area contributed by atoms with Crippen molar-refractivity contribution in [2.24, 2.45) is 11.8 Å². The molecule has 3 atom stereocenters. The lowest BCUT2D eigenvalue weighted by molar-refractivity contribution is 0.0941. The Balaban J connectivity index is 1.28. The monoisotopic (exact) mass is 371 g/mol. The zero-order chi connectivity index (χ0) is 18.1. The Bertz CT molecular complexity index is 764. The molecule has 136 valence electrons. The summed E-state index contributed by atoms with van der Waals surface area (Å²) in [5.41, 5.74) is 0.657. The van der Waals surface area contributed by atoms with Crippen molar-refractivity contribution in [2.75, 3.05) is 19.6 Å². The van der Waals surface area contributed by atoms with Crippen LogP contribution in [0.1, 0.15) is 23.2 Å². The number of carbonyl (C=O) groups is 1. The fourth-order valence-corrected chi connectivity index (χ4v) is 5.58. The van der Waals surface area contributed by atoms with Gasteiger partial charge in [0.25, 0.3) is 0 Å². The quantitative estimate of drug-likeness (QED) is 0.799. The second-order valence-electron chi connectivity index (χ2n) is 7.35. The van der Waals surface area contributed by atoms with Crippen LogP contribution in [-0.2, 0) is 0 Å². The van der Waals surface area contributed by atoms with E-state index < -0.39 is 0 Å². The van der Waals surface area contributed by atoms with Crippen LogP contribution >= 0.6 is 11.8 Å². The number of benzene rings is 2. The number of hydrogen-bond donors (Lipinski definition) is 1. The highest BCUT2D eigenvalue weighted by Gasteiger charge is 2.41.